The number of ketones is 1. The lowest BCUT2D eigenvalue weighted by Crippen LogP contribution is -2.61. The zero-order valence-corrected chi connectivity index (χ0v) is 31.2. The number of benzene rings is 1. The second kappa shape index (κ2) is 20.5. The molecule has 6 N–H and O–H groups in total. The van der Waals surface area contributed by atoms with Crippen molar-refractivity contribution in [3.8, 4) is 5.75 Å². The molecule has 1 heterocycles. The molecule has 1 aromatic rings. The molecule has 0 radical (unpaired) electrons. The number of nitrogens with two attached hydrogens (primary N) is 1. The minimum atomic E-state index is -0.915. The van der Waals surface area contributed by atoms with Crippen LogP contribution in [0.3, 0.4) is 0 Å². The Bertz CT molecular complexity index is 1220. The van der Waals surface area contributed by atoms with Crippen molar-refractivity contribution in [1.29, 1.82) is 0 Å². The van der Waals surface area contributed by atoms with Gasteiger partial charge in [0.05, 0.1) is 12.1 Å². The van der Waals surface area contributed by atoms with Crippen molar-refractivity contribution in [2.75, 3.05) is 6.54 Å². The van der Waals surface area contributed by atoms with E-state index in [4.69, 9.17) is 5.73 Å². The van der Waals surface area contributed by atoms with E-state index in [0.717, 1.165) is 50.4 Å². The van der Waals surface area contributed by atoms with Crippen LogP contribution < -0.4 is 21.1 Å². The molecule has 0 aromatic heterocycles. The number of phenolic OH excluding ortho intramolecular Hbond substituents is 1. The smallest absolute Gasteiger partial charge is 0.315 e. The van der Waals surface area contributed by atoms with Crippen molar-refractivity contribution < 1.29 is 29.1 Å². The number of nitrogens with one attached hydrogen (secondary N) is 3. The van der Waals surface area contributed by atoms with E-state index in [2.05, 4.69) is 28.2 Å². The first-order valence-electron chi connectivity index (χ1n) is 18.0. The van der Waals surface area contributed by atoms with Crippen molar-refractivity contribution in [3.05, 3.63) is 29.8 Å². The highest BCUT2D eigenvalue weighted by molar-refractivity contribution is 7.78. The lowest BCUT2D eigenvalue weighted by atomic mass is 9.77. The van der Waals surface area contributed by atoms with Gasteiger partial charge in [0.15, 0.2) is 0 Å². The van der Waals surface area contributed by atoms with Crippen LogP contribution in [-0.2, 0) is 25.6 Å². The monoisotopic (exact) mass is 703 g/mol. The van der Waals surface area contributed by atoms with Gasteiger partial charge in [-0.25, -0.2) is 4.79 Å². The number of nitrogens with zero attached hydrogens (tertiary/aromatic N) is 1. The highest BCUT2D eigenvalue weighted by Crippen LogP contribution is 2.32. The SMILES string of the molecule is C1CCCC1.CC(C)(C)C(NC(=O)NC1(Cc2cccc(O)c2)CCCCC1)C(=O)N1CCCC1C=O.CC(C)CC(NS)C(=O)C(N)=O. The molecule has 3 atom stereocenters. The Morgan fingerprint density at radius 2 is 1.61 bits per heavy atom. The van der Waals surface area contributed by atoms with E-state index in [1.807, 2.05) is 46.8 Å². The number of likely N-dealkylation sites (tertiary alicyclic amines) is 1. The quantitative estimate of drug-likeness (QED) is 0.102. The highest BCUT2D eigenvalue weighted by Gasteiger charge is 2.41. The number of urea groups is 1. The lowest BCUT2D eigenvalue weighted by Gasteiger charge is -2.40. The topological polar surface area (TPSA) is 171 Å². The van der Waals surface area contributed by atoms with Gasteiger partial charge in [0.1, 0.15) is 18.1 Å². The first-order valence-corrected chi connectivity index (χ1v) is 18.4. The third-order valence-electron chi connectivity index (χ3n) is 9.44. The van der Waals surface area contributed by atoms with E-state index < -0.39 is 40.8 Å². The number of carbonyl (C=O) groups excluding carboxylic acids is 5. The van der Waals surface area contributed by atoms with Crippen LogP contribution in [0.2, 0.25) is 0 Å². The molecule has 3 unspecified atom stereocenters. The van der Waals surface area contributed by atoms with E-state index in [1.165, 1.54) is 32.1 Å². The van der Waals surface area contributed by atoms with Crippen LogP contribution in [0.25, 0.3) is 0 Å². The van der Waals surface area contributed by atoms with E-state index in [1.54, 1.807) is 17.0 Å². The summed E-state index contributed by atoms with van der Waals surface area (Å²) in [7, 11) is 0. The molecule has 49 heavy (non-hydrogen) atoms. The van der Waals surface area contributed by atoms with E-state index in [0.29, 0.717) is 31.7 Å². The second-order valence-electron chi connectivity index (χ2n) is 15.3. The Kier molecular flexibility index (Phi) is 17.6. The Hall–Kier alpha value is -3.12. The van der Waals surface area contributed by atoms with Crippen molar-refractivity contribution >= 4 is 42.7 Å². The molecular weight excluding hydrogens is 643 g/mol. The molecule has 1 aromatic carbocycles. The van der Waals surface area contributed by atoms with Gasteiger partial charge in [0, 0.05) is 12.1 Å². The van der Waals surface area contributed by atoms with Crippen molar-refractivity contribution in [1.82, 2.24) is 20.3 Å². The number of phenols is 1. The average molecular weight is 704 g/mol. The van der Waals surface area contributed by atoms with Gasteiger partial charge in [0.25, 0.3) is 5.91 Å². The van der Waals surface area contributed by atoms with Gasteiger partial charge in [-0.2, -0.15) is 0 Å². The number of amides is 4. The molecule has 2 aliphatic carbocycles. The van der Waals surface area contributed by atoms with Crippen LogP contribution in [-0.4, -0.2) is 70.1 Å². The molecule has 3 fully saturated rings. The summed E-state index contributed by atoms with van der Waals surface area (Å²) >= 11 is 3.75. The molecule has 1 aliphatic heterocycles. The second-order valence-corrected chi connectivity index (χ2v) is 15.5. The number of hydrogen-bond donors (Lipinski definition) is 6. The molecule has 2 saturated carbocycles. The van der Waals surface area contributed by atoms with Crippen LogP contribution in [0.1, 0.15) is 124 Å². The Morgan fingerprint density at radius 1 is 1.02 bits per heavy atom. The fourth-order valence-corrected chi connectivity index (χ4v) is 7.03. The molecule has 276 valence electrons. The highest BCUT2D eigenvalue weighted by atomic mass is 32.1. The normalized spacial score (nSPS) is 19.7. The molecule has 4 rings (SSSR count). The summed E-state index contributed by atoms with van der Waals surface area (Å²) < 4.78 is 2.46. The minimum absolute atomic E-state index is 0.201. The molecule has 4 amide bonds. The van der Waals surface area contributed by atoms with Crippen molar-refractivity contribution in [2.24, 2.45) is 17.1 Å². The molecular formula is C37H61N5O6S. The molecule has 1 saturated heterocycles. The van der Waals surface area contributed by atoms with Gasteiger partial charge in [-0.05, 0) is 67.6 Å². The van der Waals surface area contributed by atoms with Crippen molar-refractivity contribution in [3.63, 3.8) is 0 Å². The number of aromatic hydroxyl groups is 1. The maximum absolute atomic E-state index is 13.3. The van der Waals surface area contributed by atoms with Crippen LogP contribution >= 0.6 is 12.8 Å². The Labute approximate surface area is 298 Å². The number of hydrogen-bond acceptors (Lipinski definition) is 8. The summed E-state index contributed by atoms with van der Waals surface area (Å²) in [6, 6.07) is 5.09. The minimum Gasteiger partial charge on any atom is -0.508 e. The summed E-state index contributed by atoms with van der Waals surface area (Å²) in [4.78, 5) is 61.0. The Balaban J connectivity index is 0.000000402. The number of carbonyl (C=O) groups is 5. The van der Waals surface area contributed by atoms with Gasteiger partial charge < -0.3 is 31.2 Å². The van der Waals surface area contributed by atoms with Gasteiger partial charge >= 0.3 is 6.03 Å². The fraction of sp³-hybridized carbons (Fsp3) is 0.703. The first kappa shape index (κ1) is 42.0. The molecule has 12 heteroatoms. The summed E-state index contributed by atoms with van der Waals surface area (Å²) in [6.07, 6.45) is 15.9. The number of rotatable bonds is 11. The lowest BCUT2D eigenvalue weighted by molar-refractivity contribution is -0.138. The standard InChI is InChI=1S/C25H37N3O4.C7H14N2O2S.C5H10/c1-24(2,3)21(22(31)28-14-8-10-19(28)17-29)26-23(32)27-25(12-5-4-6-13-25)16-18-9-7-11-20(30)15-18;1-4(2)3-5(9-12)6(10)7(8)11;1-2-4-5-3-1/h7,9,11,15,17,19,21,30H,4-6,8,10,12-14,16H2,1-3H3,(H2,26,27,32);4-5,9,12H,3H2,1-2H3,(H2,8,11);1-5H2. The largest absolute Gasteiger partial charge is 0.508 e. The summed E-state index contributed by atoms with van der Waals surface area (Å²) in [5, 5.41) is 16.0. The van der Waals surface area contributed by atoms with Crippen molar-refractivity contribution in [2.45, 2.75) is 148 Å². The summed E-state index contributed by atoms with van der Waals surface area (Å²) in [5.41, 5.74) is 4.88. The van der Waals surface area contributed by atoms with E-state index in [-0.39, 0.29) is 17.7 Å². The average Bonchev–Trinajstić information content (AvgIpc) is 3.78. The fourth-order valence-electron chi connectivity index (χ4n) is 6.81. The first-order chi connectivity index (χ1) is 23.1. The predicted molar refractivity (Wildman–Crippen MR) is 196 cm³/mol. The van der Waals surface area contributed by atoms with Crippen LogP contribution in [0.5, 0.6) is 5.75 Å². The molecule has 0 bridgehead atoms. The van der Waals surface area contributed by atoms with Gasteiger partial charge in [-0.1, -0.05) is 111 Å². The summed E-state index contributed by atoms with van der Waals surface area (Å²) in [6.45, 7) is 10.2. The van der Waals surface area contributed by atoms with Crippen LogP contribution in [0.15, 0.2) is 24.3 Å². The van der Waals surface area contributed by atoms with Gasteiger partial charge in [-0.15, -0.1) is 0 Å². The van der Waals surface area contributed by atoms with E-state index >= 15 is 0 Å². The third kappa shape index (κ3) is 14.3. The maximum Gasteiger partial charge on any atom is 0.315 e. The van der Waals surface area contributed by atoms with Crippen LogP contribution in [0, 0.1) is 11.3 Å². The third-order valence-corrected chi connectivity index (χ3v) is 9.75. The number of aldehydes is 1. The zero-order valence-electron chi connectivity index (χ0n) is 30.3. The molecule has 11 nitrogen and oxygen atoms in total. The zero-order chi connectivity index (χ0) is 36.6. The number of thiol groups is 1. The van der Waals surface area contributed by atoms with Gasteiger partial charge in [-0.3, -0.25) is 19.1 Å². The van der Waals surface area contributed by atoms with E-state index in [9.17, 15) is 29.1 Å². The predicted octanol–water partition coefficient (Wildman–Crippen LogP) is 5.38. The molecule has 3 aliphatic rings. The molecule has 0 spiro atoms. The number of primary amides is 1. The van der Waals surface area contributed by atoms with Gasteiger partial charge in [0.2, 0.25) is 11.7 Å². The maximum atomic E-state index is 13.3. The number of Topliss-reactive ketones (excluding diaryl/α,β-unsaturated/α-hetero) is 1. The summed E-state index contributed by atoms with van der Waals surface area (Å²) in [5.74, 6) is -1.20. The Morgan fingerprint density at radius 3 is 2.10 bits per heavy atom. The van der Waals surface area contributed by atoms with Crippen LogP contribution in [0.4, 0.5) is 4.79 Å².